The number of amides is 1. The van der Waals surface area contributed by atoms with Crippen molar-refractivity contribution < 1.29 is 9.53 Å². The molecule has 5 nitrogen and oxygen atoms in total. The minimum Gasteiger partial charge on any atom is -0.379 e. The Kier molecular flexibility index (Phi) is 6.47. The Morgan fingerprint density at radius 3 is 3.00 bits per heavy atom. The maximum absolute atomic E-state index is 11.6. The Morgan fingerprint density at radius 2 is 2.41 bits per heavy atom. The minimum absolute atomic E-state index is 0.146. The fraction of sp³-hybridized carbons (Fsp3) is 0.917. The highest BCUT2D eigenvalue weighted by molar-refractivity contribution is 5.77. The van der Waals surface area contributed by atoms with Crippen LogP contribution in [0.3, 0.4) is 0 Å². The van der Waals surface area contributed by atoms with Crippen molar-refractivity contribution in [3.8, 4) is 0 Å². The van der Waals surface area contributed by atoms with E-state index in [0.717, 1.165) is 32.7 Å². The molecule has 2 unspecified atom stereocenters. The first-order chi connectivity index (χ1) is 8.13. The van der Waals surface area contributed by atoms with Crippen LogP contribution in [0.4, 0.5) is 0 Å². The summed E-state index contributed by atoms with van der Waals surface area (Å²) in [5, 5.41) is 6.67. The molecule has 1 saturated heterocycles. The zero-order valence-electron chi connectivity index (χ0n) is 11.2. The van der Waals surface area contributed by atoms with Gasteiger partial charge in [0.05, 0.1) is 19.8 Å². The van der Waals surface area contributed by atoms with E-state index in [1.807, 2.05) is 14.0 Å². The monoisotopic (exact) mass is 243 g/mol. The normalized spacial score (nSPS) is 22.2. The number of hydrogen-bond acceptors (Lipinski definition) is 4. The molecule has 1 aliphatic rings. The zero-order chi connectivity index (χ0) is 12.7. The topological polar surface area (TPSA) is 53.6 Å². The van der Waals surface area contributed by atoms with Crippen LogP contribution in [-0.2, 0) is 9.53 Å². The smallest absolute Gasteiger partial charge is 0.236 e. The van der Waals surface area contributed by atoms with Crippen LogP contribution >= 0.6 is 0 Å². The highest BCUT2D eigenvalue weighted by atomic mass is 16.5. The van der Waals surface area contributed by atoms with Crippen molar-refractivity contribution in [2.24, 2.45) is 0 Å². The zero-order valence-corrected chi connectivity index (χ0v) is 11.2. The molecule has 0 aromatic carbocycles. The third-order valence-electron chi connectivity index (χ3n) is 3.14. The predicted octanol–water partition coefficient (Wildman–Crippen LogP) is -0.179. The van der Waals surface area contributed by atoms with Crippen molar-refractivity contribution in [1.29, 1.82) is 0 Å². The lowest BCUT2D eigenvalue weighted by atomic mass is 10.1. The van der Waals surface area contributed by atoms with Crippen LogP contribution in [0.25, 0.3) is 0 Å². The molecule has 2 atom stereocenters. The van der Waals surface area contributed by atoms with E-state index in [1.165, 1.54) is 0 Å². The maximum atomic E-state index is 11.6. The number of ether oxygens (including phenoxy) is 1. The number of nitrogens with zero attached hydrogens (tertiary/aromatic N) is 1. The second-order valence-corrected chi connectivity index (χ2v) is 4.65. The van der Waals surface area contributed by atoms with E-state index in [9.17, 15) is 4.79 Å². The summed E-state index contributed by atoms with van der Waals surface area (Å²) < 4.78 is 5.40. The molecule has 1 rings (SSSR count). The van der Waals surface area contributed by atoms with Crippen molar-refractivity contribution in [3.63, 3.8) is 0 Å². The summed E-state index contributed by atoms with van der Waals surface area (Å²) in [6.45, 7) is 7.76. The lowest BCUT2D eigenvalue weighted by molar-refractivity contribution is -0.128. The Morgan fingerprint density at radius 1 is 1.65 bits per heavy atom. The summed E-state index contributed by atoms with van der Waals surface area (Å²) in [6, 6.07) is 0.730. The van der Waals surface area contributed by atoms with Gasteiger partial charge in [-0.2, -0.15) is 0 Å². The summed E-state index contributed by atoms with van der Waals surface area (Å²) in [5.74, 6) is 0.146. The standard InChI is InChI=1S/C12H25N3O2/c1-4-15(3)12(16)8-14-10(2)7-11-9-17-6-5-13-11/h10-11,13-14H,4-9H2,1-3H3. The van der Waals surface area contributed by atoms with Crippen molar-refractivity contribution >= 4 is 5.91 Å². The van der Waals surface area contributed by atoms with E-state index in [0.29, 0.717) is 18.6 Å². The second-order valence-electron chi connectivity index (χ2n) is 4.65. The number of hydrogen-bond donors (Lipinski definition) is 2. The van der Waals surface area contributed by atoms with E-state index in [1.54, 1.807) is 4.90 Å². The first-order valence-electron chi connectivity index (χ1n) is 6.42. The number of carbonyl (C=O) groups is 1. The van der Waals surface area contributed by atoms with Gasteiger partial charge in [0.25, 0.3) is 0 Å². The van der Waals surface area contributed by atoms with Gasteiger partial charge in [0.2, 0.25) is 5.91 Å². The van der Waals surface area contributed by atoms with E-state index in [-0.39, 0.29) is 5.91 Å². The maximum Gasteiger partial charge on any atom is 0.236 e. The van der Waals surface area contributed by atoms with Gasteiger partial charge >= 0.3 is 0 Å². The summed E-state index contributed by atoms with van der Waals surface area (Å²) >= 11 is 0. The largest absolute Gasteiger partial charge is 0.379 e. The summed E-state index contributed by atoms with van der Waals surface area (Å²) in [4.78, 5) is 13.3. The van der Waals surface area contributed by atoms with Gasteiger partial charge in [-0.25, -0.2) is 0 Å². The van der Waals surface area contributed by atoms with Crippen LogP contribution in [0.5, 0.6) is 0 Å². The molecule has 1 fully saturated rings. The van der Waals surface area contributed by atoms with Crippen molar-refractivity contribution in [1.82, 2.24) is 15.5 Å². The predicted molar refractivity (Wildman–Crippen MR) is 68.0 cm³/mol. The molecule has 1 heterocycles. The third-order valence-corrected chi connectivity index (χ3v) is 3.14. The lowest BCUT2D eigenvalue weighted by Gasteiger charge is -2.27. The molecule has 0 aromatic heterocycles. The van der Waals surface area contributed by atoms with Crippen molar-refractivity contribution in [2.45, 2.75) is 32.4 Å². The molecule has 0 aromatic rings. The van der Waals surface area contributed by atoms with Crippen LogP contribution < -0.4 is 10.6 Å². The fourth-order valence-corrected chi connectivity index (χ4v) is 1.85. The van der Waals surface area contributed by atoms with Crippen molar-refractivity contribution in [3.05, 3.63) is 0 Å². The Labute approximate surface area is 104 Å². The van der Waals surface area contributed by atoms with Gasteiger partial charge in [0.15, 0.2) is 0 Å². The molecular weight excluding hydrogens is 218 g/mol. The van der Waals surface area contributed by atoms with E-state index < -0.39 is 0 Å². The molecule has 100 valence electrons. The first kappa shape index (κ1) is 14.4. The molecule has 0 saturated carbocycles. The van der Waals surface area contributed by atoms with Gasteiger partial charge in [-0.3, -0.25) is 4.79 Å². The number of nitrogens with one attached hydrogen (secondary N) is 2. The molecule has 0 spiro atoms. The van der Waals surface area contributed by atoms with Gasteiger partial charge in [-0.15, -0.1) is 0 Å². The quantitative estimate of drug-likeness (QED) is 0.679. The average Bonchev–Trinajstić information content (AvgIpc) is 2.36. The molecule has 5 heteroatoms. The molecule has 0 radical (unpaired) electrons. The Balaban J connectivity index is 2.15. The van der Waals surface area contributed by atoms with Crippen LogP contribution in [0.15, 0.2) is 0 Å². The van der Waals surface area contributed by atoms with E-state index in [2.05, 4.69) is 17.6 Å². The summed E-state index contributed by atoms with van der Waals surface area (Å²) in [6.07, 6.45) is 0.989. The Bertz CT molecular complexity index is 230. The van der Waals surface area contributed by atoms with Crippen LogP contribution in [0, 0.1) is 0 Å². The van der Waals surface area contributed by atoms with Gasteiger partial charge in [0, 0.05) is 32.2 Å². The second kappa shape index (κ2) is 7.63. The Hall–Kier alpha value is -0.650. The summed E-state index contributed by atoms with van der Waals surface area (Å²) in [5.41, 5.74) is 0. The number of likely N-dealkylation sites (N-methyl/N-ethyl adjacent to an activating group) is 1. The highest BCUT2D eigenvalue weighted by Gasteiger charge is 2.16. The molecular formula is C12H25N3O2. The number of rotatable bonds is 6. The minimum atomic E-state index is 0.146. The van der Waals surface area contributed by atoms with Gasteiger partial charge < -0.3 is 20.3 Å². The molecule has 0 aliphatic carbocycles. The van der Waals surface area contributed by atoms with E-state index >= 15 is 0 Å². The van der Waals surface area contributed by atoms with E-state index in [4.69, 9.17) is 4.74 Å². The number of carbonyl (C=O) groups excluding carboxylic acids is 1. The lowest BCUT2D eigenvalue weighted by Crippen LogP contribution is -2.46. The van der Waals surface area contributed by atoms with Gasteiger partial charge in [0.1, 0.15) is 0 Å². The molecule has 17 heavy (non-hydrogen) atoms. The third kappa shape index (κ3) is 5.48. The van der Waals surface area contributed by atoms with Crippen LogP contribution in [0.2, 0.25) is 0 Å². The number of morpholine rings is 1. The van der Waals surface area contributed by atoms with Crippen LogP contribution in [0.1, 0.15) is 20.3 Å². The van der Waals surface area contributed by atoms with Crippen molar-refractivity contribution in [2.75, 3.05) is 39.9 Å². The molecule has 1 amide bonds. The van der Waals surface area contributed by atoms with Gasteiger partial charge in [-0.05, 0) is 20.3 Å². The molecule has 2 N–H and O–H groups in total. The highest BCUT2D eigenvalue weighted by Crippen LogP contribution is 2.02. The molecule has 1 aliphatic heterocycles. The molecule has 0 bridgehead atoms. The van der Waals surface area contributed by atoms with Crippen LogP contribution in [-0.4, -0.2) is 62.8 Å². The SMILES string of the molecule is CCN(C)C(=O)CNC(C)CC1COCCN1. The van der Waals surface area contributed by atoms with Gasteiger partial charge in [-0.1, -0.05) is 0 Å². The fourth-order valence-electron chi connectivity index (χ4n) is 1.85. The average molecular weight is 243 g/mol. The summed E-state index contributed by atoms with van der Waals surface area (Å²) in [7, 11) is 1.82. The first-order valence-corrected chi connectivity index (χ1v) is 6.42.